The summed E-state index contributed by atoms with van der Waals surface area (Å²) in [5.74, 6) is -11.4. The van der Waals surface area contributed by atoms with Crippen LogP contribution in [0.2, 0.25) is 0 Å². The normalized spacial score (nSPS) is 13.6. The van der Waals surface area contributed by atoms with Crippen molar-refractivity contribution >= 4 is 10.8 Å². The van der Waals surface area contributed by atoms with Crippen LogP contribution in [-0.4, -0.2) is 18.0 Å². The monoisotopic (exact) mass is 323 g/mol. The molecule has 0 spiro atoms. The Kier molecular flexibility index (Phi) is 4.10. The first kappa shape index (κ1) is 16.6. The molecule has 22 heavy (non-hydrogen) atoms. The van der Waals surface area contributed by atoms with Gasteiger partial charge >= 0.3 is 18.0 Å². The van der Waals surface area contributed by atoms with Crippen LogP contribution in [0.3, 0.4) is 0 Å². The fourth-order valence-electron chi connectivity index (χ4n) is 2.03. The van der Waals surface area contributed by atoms with Crippen molar-refractivity contribution in [3.8, 4) is 0 Å². The minimum absolute atomic E-state index is 0.246. The van der Waals surface area contributed by atoms with Gasteiger partial charge in [0.1, 0.15) is 0 Å². The van der Waals surface area contributed by atoms with E-state index in [-0.39, 0.29) is 12.0 Å². The van der Waals surface area contributed by atoms with E-state index in [4.69, 9.17) is 0 Å². The maximum atomic E-state index is 13.3. The van der Waals surface area contributed by atoms with Crippen molar-refractivity contribution in [2.75, 3.05) is 0 Å². The third-order valence-electron chi connectivity index (χ3n) is 3.23. The molecule has 0 saturated carbocycles. The van der Waals surface area contributed by atoms with Crippen LogP contribution in [0.5, 0.6) is 0 Å². The summed E-state index contributed by atoms with van der Waals surface area (Å²) in [4.78, 5) is 0. The third-order valence-corrected chi connectivity index (χ3v) is 3.23. The third kappa shape index (κ3) is 2.89. The van der Waals surface area contributed by atoms with Gasteiger partial charge in [-0.15, -0.1) is 0 Å². The highest BCUT2D eigenvalue weighted by molar-refractivity contribution is 5.85. The lowest BCUT2D eigenvalue weighted by atomic mass is 9.97. The summed E-state index contributed by atoms with van der Waals surface area (Å²) in [6.07, 6.45) is -7.31. The van der Waals surface area contributed by atoms with Gasteiger partial charge in [0, 0.05) is 6.42 Å². The number of alkyl halides is 7. The summed E-state index contributed by atoms with van der Waals surface area (Å²) in [5.41, 5.74) is 0.246. The van der Waals surface area contributed by atoms with Crippen LogP contribution in [0, 0.1) is 6.42 Å². The fourth-order valence-corrected chi connectivity index (χ4v) is 2.03. The Labute approximate surface area is 121 Å². The lowest BCUT2D eigenvalue weighted by Gasteiger charge is -2.28. The van der Waals surface area contributed by atoms with Gasteiger partial charge in [-0.3, -0.25) is 0 Å². The number of fused-ring (bicyclic) bond motifs is 1. The zero-order valence-electron chi connectivity index (χ0n) is 11.0. The summed E-state index contributed by atoms with van der Waals surface area (Å²) in [5, 5.41) is 1.20. The molecule has 1 radical (unpaired) electrons. The molecule has 0 N–H and O–H groups in total. The maximum Gasteiger partial charge on any atom is 0.459 e. The van der Waals surface area contributed by atoms with E-state index in [1.165, 1.54) is 12.1 Å². The van der Waals surface area contributed by atoms with Crippen LogP contribution in [0.15, 0.2) is 42.5 Å². The number of benzene rings is 2. The second-order valence-electron chi connectivity index (χ2n) is 4.74. The van der Waals surface area contributed by atoms with Crippen LogP contribution < -0.4 is 0 Å². The second kappa shape index (κ2) is 5.44. The Hall–Kier alpha value is -1.79. The van der Waals surface area contributed by atoms with Gasteiger partial charge in [-0.05, 0) is 22.8 Å². The van der Waals surface area contributed by atoms with E-state index in [0.717, 1.165) is 0 Å². The van der Waals surface area contributed by atoms with Crippen molar-refractivity contribution < 1.29 is 30.7 Å². The van der Waals surface area contributed by atoms with Crippen LogP contribution >= 0.6 is 0 Å². The van der Waals surface area contributed by atoms with E-state index in [1.54, 1.807) is 30.3 Å². The highest BCUT2D eigenvalue weighted by atomic mass is 19.4. The summed E-state index contributed by atoms with van der Waals surface area (Å²) < 4.78 is 88.3. The first-order valence-electron chi connectivity index (χ1n) is 6.19. The molecule has 2 aromatic carbocycles. The van der Waals surface area contributed by atoms with Gasteiger partial charge < -0.3 is 0 Å². The fraction of sp³-hybridized carbons (Fsp3) is 0.267. The molecule has 2 aromatic rings. The lowest BCUT2D eigenvalue weighted by molar-refractivity contribution is -0.345. The molecule has 0 aliphatic heterocycles. The molecule has 7 heteroatoms. The van der Waals surface area contributed by atoms with E-state index in [2.05, 4.69) is 0 Å². The largest absolute Gasteiger partial charge is 0.459 e. The zero-order chi connectivity index (χ0) is 16.6. The van der Waals surface area contributed by atoms with Gasteiger partial charge in [-0.1, -0.05) is 42.5 Å². The predicted octanol–water partition coefficient (Wildman–Crippen LogP) is 5.42. The quantitative estimate of drug-likeness (QED) is 0.659. The van der Waals surface area contributed by atoms with Gasteiger partial charge in [0.05, 0.1) is 0 Å². The lowest BCUT2D eigenvalue weighted by Crippen LogP contribution is -2.52. The van der Waals surface area contributed by atoms with Gasteiger partial charge in [0.2, 0.25) is 0 Å². The van der Waals surface area contributed by atoms with Crippen molar-refractivity contribution in [2.45, 2.75) is 24.4 Å². The summed E-state index contributed by atoms with van der Waals surface area (Å²) in [6.45, 7) is 0. The van der Waals surface area contributed by atoms with Crippen LogP contribution in [-0.2, 0) is 6.42 Å². The van der Waals surface area contributed by atoms with Crippen molar-refractivity contribution in [1.82, 2.24) is 0 Å². The number of hydrogen-bond acceptors (Lipinski definition) is 0. The van der Waals surface area contributed by atoms with Crippen molar-refractivity contribution in [1.29, 1.82) is 0 Å². The van der Waals surface area contributed by atoms with Crippen molar-refractivity contribution in [3.05, 3.63) is 54.4 Å². The summed E-state index contributed by atoms with van der Waals surface area (Å²) in [6, 6.07) is 11.2. The molecular formula is C15H10F7. The standard InChI is InChI=1S/C15H10F7/c16-13(17,14(18,19)15(20,21)22)9-8-11-6-3-5-10-4-1-2-7-12(10)11/h1-7,9H,8H2. The summed E-state index contributed by atoms with van der Waals surface area (Å²) in [7, 11) is 0. The van der Waals surface area contributed by atoms with E-state index >= 15 is 0 Å². The molecular weight excluding hydrogens is 313 g/mol. The molecule has 0 heterocycles. The highest BCUT2D eigenvalue weighted by Gasteiger charge is 2.72. The Morgan fingerprint density at radius 3 is 2.00 bits per heavy atom. The first-order valence-corrected chi connectivity index (χ1v) is 6.19. The number of halogens is 7. The molecule has 0 bridgehead atoms. The highest BCUT2D eigenvalue weighted by Crippen LogP contribution is 2.48. The number of rotatable bonds is 4. The predicted molar refractivity (Wildman–Crippen MR) is 67.9 cm³/mol. The van der Waals surface area contributed by atoms with Crippen molar-refractivity contribution in [2.24, 2.45) is 0 Å². The Bertz CT molecular complexity index is 653. The zero-order valence-corrected chi connectivity index (χ0v) is 11.0. The van der Waals surface area contributed by atoms with E-state index < -0.39 is 24.4 Å². The molecule has 0 unspecified atom stereocenters. The maximum absolute atomic E-state index is 13.3. The Balaban J connectivity index is 2.25. The molecule has 0 aliphatic carbocycles. The molecule has 119 valence electrons. The van der Waals surface area contributed by atoms with Gasteiger partial charge in [-0.2, -0.15) is 30.7 Å². The first-order chi connectivity index (χ1) is 10.1. The van der Waals surface area contributed by atoms with Gasteiger partial charge in [-0.25, -0.2) is 0 Å². The Morgan fingerprint density at radius 2 is 1.36 bits per heavy atom. The molecule has 0 amide bonds. The topological polar surface area (TPSA) is 0 Å². The SMILES string of the molecule is FC(F)(F)C(F)(F)C(F)(F)[CH]Cc1cccc2ccccc12. The van der Waals surface area contributed by atoms with E-state index in [9.17, 15) is 30.7 Å². The van der Waals surface area contributed by atoms with E-state index in [1.807, 2.05) is 0 Å². The minimum Gasteiger partial charge on any atom is -0.199 e. The second-order valence-corrected chi connectivity index (χ2v) is 4.74. The molecule has 0 aromatic heterocycles. The Morgan fingerprint density at radius 1 is 0.773 bits per heavy atom. The molecule has 0 saturated heterocycles. The average Bonchev–Trinajstić information content (AvgIpc) is 2.43. The van der Waals surface area contributed by atoms with Crippen LogP contribution in [0.4, 0.5) is 30.7 Å². The molecule has 0 aliphatic rings. The van der Waals surface area contributed by atoms with Crippen LogP contribution in [0.25, 0.3) is 10.8 Å². The van der Waals surface area contributed by atoms with Crippen molar-refractivity contribution in [3.63, 3.8) is 0 Å². The molecule has 2 rings (SSSR count). The van der Waals surface area contributed by atoms with Gasteiger partial charge in [0.15, 0.2) is 0 Å². The van der Waals surface area contributed by atoms with Crippen LogP contribution in [0.1, 0.15) is 5.56 Å². The van der Waals surface area contributed by atoms with Gasteiger partial charge in [0.25, 0.3) is 0 Å². The summed E-state index contributed by atoms with van der Waals surface area (Å²) >= 11 is 0. The van der Waals surface area contributed by atoms with E-state index in [0.29, 0.717) is 10.8 Å². The average molecular weight is 323 g/mol. The molecule has 0 atom stereocenters. The molecule has 0 nitrogen and oxygen atoms in total. The smallest absolute Gasteiger partial charge is 0.199 e. The molecule has 0 fully saturated rings. The minimum atomic E-state index is -6.31. The number of hydrogen-bond donors (Lipinski definition) is 0.